The molecule has 2 aliphatic rings. The van der Waals surface area contributed by atoms with E-state index in [1.54, 1.807) is 0 Å². The van der Waals surface area contributed by atoms with Crippen molar-refractivity contribution in [3.8, 4) is 0 Å². The van der Waals surface area contributed by atoms with Crippen LogP contribution in [0.3, 0.4) is 0 Å². The third-order valence-electron chi connectivity index (χ3n) is 5.56. The first-order valence-corrected chi connectivity index (χ1v) is 8.40. The summed E-state index contributed by atoms with van der Waals surface area (Å²) in [7, 11) is 0. The molecule has 1 aromatic heterocycles. The van der Waals surface area contributed by atoms with Crippen molar-refractivity contribution in [2.24, 2.45) is 0 Å². The molecule has 3 heterocycles. The molecule has 2 aliphatic heterocycles. The zero-order valence-electron chi connectivity index (χ0n) is 13.0. The first-order valence-electron chi connectivity index (χ1n) is 8.40. The van der Waals surface area contributed by atoms with Gasteiger partial charge in [-0.25, -0.2) is 0 Å². The van der Waals surface area contributed by atoms with Gasteiger partial charge in [-0.1, -0.05) is 42.5 Å². The number of rotatable bonds is 1. The maximum atomic E-state index is 9.96. The van der Waals surface area contributed by atoms with Gasteiger partial charge < -0.3 is 10.1 Å². The van der Waals surface area contributed by atoms with Crippen molar-refractivity contribution < 1.29 is 5.11 Å². The summed E-state index contributed by atoms with van der Waals surface area (Å²) in [6, 6.07) is 17.8. The van der Waals surface area contributed by atoms with Crippen LogP contribution in [0, 0.1) is 0 Å². The van der Waals surface area contributed by atoms with Crippen LogP contribution in [-0.2, 0) is 12.8 Å². The number of nitrogens with zero attached hydrogens (tertiary/aromatic N) is 1. The molecule has 3 heteroatoms. The van der Waals surface area contributed by atoms with Crippen LogP contribution < -0.4 is 0 Å². The Labute approximate surface area is 135 Å². The predicted octanol–water partition coefficient (Wildman–Crippen LogP) is 3.03. The fourth-order valence-electron chi connectivity index (χ4n) is 4.50. The fraction of sp³-hybridized carbons (Fsp3) is 0.300. The van der Waals surface area contributed by atoms with E-state index in [0.717, 1.165) is 19.4 Å². The second-order valence-corrected chi connectivity index (χ2v) is 6.69. The van der Waals surface area contributed by atoms with Gasteiger partial charge in [-0.3, -0.25) is 4.90 Å². The lowest BCUT2D eigenvalue weighted by Gasteiger charge is -2.45. The molecule has 0 bridgehead atoms. The summed E-state index contributed by atoms with van der Waals surface area (Å²) in [6.07, 6.45) is 1.99. The Hall–Kier alpha value is -2.10. The lowest BCUT2D eigenvalue weighted by Crippen LogP contribution is -2.49. The van der Waals surface area contributed by atoms with E-state index in [2.05, 4.69) is 58.4 Å². The molecule has 0 saturated heterocycles. The molecule has 5 rings (SSSR count). The van der Waals surface area contributed by atoms with Crippen LogP contribution in [0.4, 0.5) is 0 Å². The highest BCUT2D eigenvalue weighted by Gasteiger charge is 2.39. The molecule has 116 valence electrons. The predicted molar refractivity (Wildman–Crippen MR) is 91.6 cm³/mol. The van der Waals surface area contributed by atoms with E-state index in [1.165, 1.54) is 33.3 Å². The van der Waals surface area contributed by atoms with E-state index >= 15 is 0 Å². The first-order chi connectivity index (χ1) is 11.4. The molecule has 0 amide bonds. The van der Waals surface area contributed by atoms with Gasteiger partial charge in [-0.05, 0) is 35.6 Å². The van der Waals surface area contributed by atoms with Gasteiger partial charge in [-0.2, -0.15) is 0 Å². The molecule has 0 aliphatic carbocycles. The molecule has 0 fully saturated rings. The number of fused-ring (bicyclic) bond motifs is 7. The fourth-order valence-corrected chi connectivity index (χ4v) is 4.50. The standard InChI is InChI=1S/C20H20N2O/c23-12-14-11-17-16-7-3-4-8-18(16)21-19(17)20-15-6-2-1-5-13(15)9-10-22(14)20/h1-8,14,20-21,23H,9-12H2/t14-,20?/m1/s1. The number of aromatic amines is 1. The van der Waals surface area contributed by atoms with E-state index in [1.807, 2.05) is 0 Å². The van der Waals surface area contributed by atoms with Crippen LogP contribution in [0.25, 0.3) is 10.9 Å². The van der Waals surface area contributed by atoms with Crippen LogP contribution in [0.5, 0.6) is 0 Å². The topological polar surface area (TPSA) is 39.3 Å². The molecule has 3 nitrogen and oxygen atoms in total. The minimum absolute atomic E-state index is 0.208. The summed E-state index contributed by atoms with van der Waals surface area (Å²) in [6.45, 7) is 1.24. The van der Waals surface area contributed by atoms with Crippen molar-refractivity contribution in [3.63, 3.8) is 0 Å². The Balaban J connectivity index is 1.78. The van der Waals surface area contributed by atoms with Gasteiger partial charge in [0.1, 0.15) is 0 Å². The summed E-state index contributed by atoms with van der Waals surface area (Å²) in [5, 5.41) is 11.3. The highest BCUT2D eigenvalue weighted by Crippen LogP contribution is 2.43. The second-order valence-electron chi connectivity index (χ2n) is 6.69. The van der Waals surface area contributed by atoms with Crippen molar-refractivity contribution >= 4 is 10.9 Å². The number of para-hydroxylation sites is 1. The van der Waals surface area contributed by atoms with Gasteiger partial charge in [-0.15, -0.1) is 0 Å². The smallest absolute Gasteiger partial charge is 0.0763 e. The average Bonchev–Trinajstić information content (AvgIpc) is 2.99. The van der Waals surface area contributed by atoms with E-state index in [9.17, 15) is 5.11 Å². The quantitative estimate of drug-likeness (QED) is 0.725. The lowest BCUT2D eigenvalue weighted by molar-refractivity contribution is 0.0787. The van der Waals surface area contributed by atoms with Crippen LogP contribution in [-0.4, -0.2) is 34.2 Å². The molecular weight excluding hydrogens is 284 g/mol. The number of aliphatic hydroxyl groups excluding tert-OH is 1. The normalized spacial score (nSPS) is 23.3. The molecule has 3 aromatic rings. The minimum Gasteiger partial charge on any atom is -0.395 e. The Morgan fingerprint density at radius 2 is 1.91 bits per heavy atom. The summed E-state index contributed by atoms with van der Waals surface area (Å²) in [4.78, 5) is 6.16. The van der Waals surface area contributed by atoms with Gasteiger partial charge in [0.05, 0.1) is 12.6 Å². The van der Waals surface area contributed by atoms with E-state index in [4.69, 9.17) is 0 Å². The SMILES string of the molecule is OC[C@H]1Cc2c([nH]c3ccccc23)C2c3ccccc3CCN21. The summed E-state index contributed by atoms with van der Waals surface area (Å²) < 4.78 is 0. The monoisotopic (exact) mass is 304 g/mol. The number of aliphatic hydroxyl groups is 1. The van der Waals surface area contributed by atoms with Gasteiger partial charge in [0.15, 0.2) is 0 Å². The van der Waals surface area contributed by atoms with Gasteiger partial charge in [0, 0.05) is 29.2 Å². The maximum absolute atomic E-state index is 9.96. The van der Waals surface area contributed by atoms with Crippen molar-refractivity contribution in [3.05, 3.63) is 70.9 Å². The zero-order valence-corrected chi connectivity index (χ0v) is 13.0. The van der Waals surface area contributed by atoms with Crippen LogP contribution >= 0.6 is 0 Å². The Morgan fingerprint density at radius 1 is 1.09 bits per heavy atom. The molecule has 0 saturated carbocycles. The molecule has 0 radical (unpaired) electrons. The molecule has 1 unspecified atom stereocenters. The first kappa shape index (κ1) is 13.3. The Bertz CT molecular complexity index is 882. The van der Waals surface area contributed by atoms with Gasteiger partial charge in [0.2, 0.25) is 0 Å². The van der Waals surface area contributed by atoms with E-state index in [0.29, 0.717) is 0 Å². The van der Waals surface area contributed by atoms with Crippen molar-refractivity contribution in [1.29, 1.82) is 0 Å². The number of hydrogen-bond donors (Lipinski definition) is 2. The molecule has 0 spiro atoms. The molecule has 2 aromatic carbocycles. The molecule has 2 atom stereocenters. The van der Waals surface area contributed by atoms with Crippen molar-refractivity contribution in [2.45, 2.75) is 24.9 Å². The highest BCUT2D eigenvalue weighted by atomic mass is 16.3. The Kier molecular flexibility index (Phi) is 2.87. The number of aromatic nitrogens is 1. The third kappa shape index (κ3) is 1.84. The van der Waals surface area contributed by atoms with E-state index in [-0.39, 0.29) is 18.7 Å². The number of H-pyrrole nitrogens is 1. The Morgan fingerprint density at radius 3 is 2.83 bits per heavy atom. The molecular formula is C20H20N2O. The number of hydrogen-bond acceptors (Lipinski definition) is 2. The lowest BCUT2D eigenvalue weighted by atomic mass is 9.83. The van der Waals surface area contributed by atoms with Gasteiger partial charge >= 0.3 is 0 Å². The number of nitrogens with one attached hydrogen (secondary N) is 1. The second kappa shape index (κ2) is 4.95. The van der Waals surface area contributed by atoms with Crippen LogP contribution in [0.2, 0.25) is 0 Å². The minimum atomic E-state index is 0.208. The highest BCUT2D eigenvalue weighted by molar-refractivity contribution is 5.85. The number of benzene rings is 2. The maximum Gasteiger partial charge on any atom is 0.0763 e. The zero-order chi connectivity index (χ0) is 15.4. The summed E-state index contributed by atoms with van der Waals surface area (Å²) in [5.74, 6) is 0. The van der Waals surface area contributed by atoms with Crippen molar-refractivity contribution in [1.82, 2.24) is 9.88 Å². The van der Waals surface area contributed by atoms with E-state index < -0.39 is 0 Å². The largest absolute Gasteiger partial charge is 0.395 e. The van der Waals surface area contributed by atoms with Crippen LogP contribution in [0.1, 0.15) is 28.4 Å². The van der Waals surface area contributed by atoms with Crippen LogP contribution in [0.15, 0.2) is 48.5 Å². The third-order valence-corrected chi connectivity index (χ3v) is 5.56. The summed E-state index contributed by atoms with van der Waals surface area (Å²) in [5.41, 5.74) is 6.75. The van der Waals surface area contributed by atoms with Crippen molar-refractivity contribution in [2.75, 3.05) is 13.2 Å². The molecule has 23 heavy (non-hydrogen) atoms. The van der Waals surface area contributed by atoms with Gasteiger partial charge in [0.25, 0.3) is 0 Å². The average molecular weight is 304 g/mol. The molecule has 2 N–H and O–H groups in total. The summed E-state index contributed by atoms with van der Waals surface area (Å²) >= 11 is 0.